The second-order valence-electron chi connectivity index (χ2n) is 4.31. The molecule has 0 N–H and O–H groups in total. The van der Waals surface area contributed by atoms with E-state index in [2.05, 4.69) is 5.10 Å². The normalized spacial score (nSPS) is 12.8. The van der Waals surface area contributed by atoms with Crippen molar-refractivity contribution in [3.05, 3.63) is 35.7 Å². The van der Waals surface area contributed by atoms with Gasteiger partial charge < -0.3 is 0 Å². The van der Waals surface area contributed by atoms with Crippen LogP contribution < -0.4 is 0 Å². The van der Waals surface area contributed by atoms with E-state index in [9.17, 15) is 26.4 Å². The van der Waals surface area contributed by atoms with Crippen molar-refractivity contribution >= 4 is 21.1 Å². The molecular formula is C11H9F3N2O3S. The molecule has 0 saturated carbocycles. The topological polar surface area (TPSA) is 68.5 Å². The average molecular weight is 306 g/mol. The van der Waals surface area contributed by atoms with Crippen LogP contribution in [0.1, 0.15) is 16.1 Å². The van der Waals surface area contributed by atoms with Gasteiger partial charge in [0.05, 0.1) is 11.1 Å². The van der Waals surface area contributed by atoms with Crippen molar-refractivity contribution in [3.63, 3.8) is 0 Å². The molecule has 0 fully saturated rings. The summed E-state index contributed by atoms with van der Waals surface area (Å²) in [5.41, 5.74) is -0.820. The first-order chi connectivity index (χ1) is 9.06. The van der Waals surface area contributed by atoms with Crippen molar-refractivity contribution in [1.82, 2.24) is 9.61 Å². The lowest BCUT2D eigenvalue weighted by molar-refractivity contribution is -0.137. The van der Waals surface area contributed by atoms with E-state index >= 15 is 0 Å². The molecule has 0 aliphatic heterocycles. The van der Waals surface area contributed by atoms with E-state index in [1.54, 1.807) is 0 Å². The molecular weight excluding hydrogens is 297 g/mol. The number of fused-ring (bicyclic) bond motifs is 1. The first-order valence-electron chi connectivity index (χ1n) is 5.34. The molecule has 0 aliphatic rings. The highest BCUT2D eigenvalue weighted by Crippen LogP contribution is 2.29. The first kappa shape index (κ1) is 14.5. The lowest BCUT2D eigenvalue weighted by Gasteiger charge is -2.05. The van der Waals surface area contributed by atoms with E-state index in [-0.39, 0.29) is 11.2 Å². The third kappa shape index (κ3) is 3.16. The zero-order valence-electron chi connectivity index (χ0n) is 10.2. The van der Waals surface area contributed by atoms with Gasteiger partial charge in [0.2, 0.25) is 0 Å². The third-order valence-corrected chi connectivity index (χ3v) is 3.25. The molecule has 0 atom stereocenters. The zero-order valence-corrected chi connectivity index (χ0v) is 11.0. The van der Waals surface area contributed by atoms with Crippen molar-refractivity contribution in [2.75, 3.05) is 12.0 Å². The van der Waals surface area contributed by atoms with E-state index < -0.39 is 33.1 Å². The number of pyridine rings is 1. The molecule has 0 bridgehead atoms. The molecule has 0 unspecified atom stereocenters. The second-order valence-corrected chi connectivity index (χ2v) is 6.45. The molecule has 0 amide bonds. The Morgan fingerprint density at radius 2 is 2.00 bits per heavy atom. The lowest BCUT2D eigenvalue weighted by atomic mass is 10.2. The van der Waals surface area contributed by atoms with Gasteiger partial charge in [0.15, 0.2) is 15.6 Å². The number of halogens is 3. The molecule has 0 aliphatic carbocycles. The van der Waals surface area contributed by atoms with Gasteiger partial charge in [-0.15, -0.1) is 0 Å². The van der Waals surface area contributed by atoms with Gasteiger partial charge in [0.25, 0.3) is 0 Å². The highest BCUT2D eigenvalue weighted by Gasteiger charge is 2.31. The molecule has 0 saturated heterocycles. The molecule has 9 heteroatoms. The lowest BCUT2D eigenvalue weighted by Crippen LogP contribution is -2.15. The predicted octanol–water partition coefficient (Wildman–Crippen LogP) is 1.58. The quantitative estimate of drug-likeness (QED) is 0.807. The number of rotatable bonds is 3. The van der Waals surface area contributed by atoms with Crippen LogP contribution in [0.25, 0.3) is 5.52 Å². The molecule has 2 rings (SSSR count). The summed E-state index contributed by atoms with van der Waals surface area (Å²) in [6, 6.07) is 3.27. The van der Waals surface area contributed by atoms with Crippen LogP contribution in [-0.4, -0.2) is 35.8 Å². The summed E-state index contributed by atoms with van der Waals surface area (Å²) in [6.07, 6.45) is -2.88. The summed E-state index contributed by atoms with van der Waals surface area (Å²) in [5, 5.41) is 3.67. The molecule has 0 aromatic carbocycles. The SMILES string of the molecule is CS(=O)(=O)CC(=O)c1cc2ccc(C(F)(F)F)cn2n1. The van der Waals surface area contributed by atoms with Crippen LogP contribution in [0.15, 0.2) is 24.4 Å². The average Bonchev–Trinajstić information content (AvgIpc) is 2.67. The molecule has 0 spiro atoms. The van der Waals surface area contributed by atoms with Crippen molar-refractivity contribution in [2.24, 2.45) is 0 Å². The molecule has 5 nitrogen and oxygen atoms in total. The fourth-order valence-corrected chi connectivity index (χ4v) is 2.23. The van der Waals surface area contributed by atoms with Gasteiger partial charge in [-0.25, -0.2) is 12.9 Å². The molecule has 2 aromatic rings. The summed E-state index contributed by atoms with van der Waals surface area (Å²) in [6.45, 7) is 0. The Morgan fingerprint density at radius 1 is 1.35 bits per heavy atom. The predicted molar refractivity (Wildman–Crippen MR) is 64.2 cm³/mol. The summed E-state index contributed by atoms with van der Waals surface area (Å²) >= 11 is 0. The Morgan fingerprint density at radius 3 is 2.55 bits per heavy atom. The van der Waals surface area contributed by atoms with E-state index in [1.165, 1.54) is 6.07 Å². The minimum atomic E-state index is -4.52. The Labute approximate surface area is 111 Å². The number of ketones is 1. The number of sulfone groups is 1. The van der Waals surface area contributed by atoms with Gasteiger partial charge in [-0.05, 0) is 18.2 Å². The van der Waals surface area contributed by atoms with Crippen molar-refractivity contribution < 1.29 is 26.4 Å². The van der Waals surface area contributed by atoms with E-state index in [0.717, 1.165) is 29.1 Å². The Balaban J connectivity index is 2.42. The number of carbonyl (C=O) groups excluding carboxylic acids is 1. The van der Waals surface area contributed by atoms with Crippen molar-refractivity contribution in [2.45, 2.75) is 6.18 Å². The first-order valence-corrected chi connectivity index (χ1v) is 7.40. The van der Waals surface area contributed by atoms with Gasteiger partial charge >= 0.3 is 6.18 Å². The number of carbonyl (C=O) groups is 1. The fourth-order valence-electron chi connectivity index (χ4n) is 1.60. The Kier molecular flexibility index (Phi) is 3.32. The smallest absolute Gasteiger partial charge is 0.291 e. The van der Waals surface area contributed by atoms with Gasteiger partial charge in [-0.3, -0.25) is 4.79 Å². The molecule has 2 aromatic heterocycles. The molecule has 20 heavy (non-hydrogen) atoms. The number of nitrogens with zero attached hydrogens (tertiary/aromatic N) is 2. The van der Waals surface area contributed by atoms with Gasteiger partial charge in [-0.1, -0.05) is 0 Å². The van der Waals surface area contributed by atoms with Crippen LogP contribution in [0.4, 0.5) is 13.2 Å². The highest BCUT2D eigenvalue weighted by atomic mass is 32.2. The monoisotopic (exact) mass is 306 g/mol. The van der Waals surface area contributed by atoms with Crippen LogP contribution >= 0.6 is 0 Å². The molecule has 108 valence electrons. The van der Waals surface area contributed by atoms with Crippen LogP contribution in [0, 0.1) is 0 Å². The minimum Gasteiger partial charge on any atom is -0.291 e. The van der Waals surface area contributed by atoms with Gasteiger partial charge in [0.1, 0.15) is 11.4 Å². The summed E-state index contributed by atoms with van der Waals surface area (Å²) < 4.78 is 60.5. The van der Waals surface area contributed by atoms with E-state index in [1.807, 2.05) is 0 Å². The van der Waals surface area contributed by atoms with Gasteiger partial charge in [-0.2, -0.15) is 18.3 Å². The van der Waals surface area contributed by atoms with Crippen LogP contribution in [0.2, 0.25) is 0 Å². The van der Waals surface area contributed by atoms with E-state index in [0.29, 0.717) is 0 Å². The van der Waals surface area contributed by atoms with E-state index in [4.69, 9.17) is 0 Å². The largest absolute Gasteiger partial charge is 0.417 e. The summed E-state index contributed by atoms with van der Waals surface area (Å²) in [5.74, 6) is -1.49. The van der Waals surface area contributed by atoms with Crippen molar-refractivity contribution in [3.8, 4) is 0 Å². The maximum absolute atomic E-state index is 12.5. The zero-order chi connectivity index (χ0) is 15.1. The number of aromatic nitrogens is 2. The fraction of sp³-hybridized carbons (Fsp3) is 0.273. The Bertz CT molecular complexity index is 778. The van der Waals surface area contributed by atoms with Crippen LogP contribution in [-0.2, 0) is 16.0 Å². The maximum Gasteiger partial charge on any atom is 0.417 e. The second kappa shape index (κ2) is 4.58. The molecule has 2 heterocycles. The van der Waals surface area contributed by atoms with Crippen LogP contribution in [0.3, 0.4) is 0 Å². The van der Waals surface area contributed by atoms with Crippen molar-refractivity contribution in [1.29, 1.82) is 0 Å². The summed E-state index contributed by atoms with van der Waals surface area (Å²) in [4.78, 5) is 11.6. The van der Waals surface area contributed by atoms with Gasteiger partial charge in [0, 0.05) is 12.5 Å². The number of Topliss-reactive ketones (excluding diaryl/α,β-unsaturated/α-hetero) is 1. The third-order valence-electron chi connectivity index (χ3n) is 2.47. The minimum absolute atomic E-state index is 0.185. The summed E-state index contributed by atoms with van der Waals surface area (Å²) in [7, 11) is -3.52. The highest BCUT2D eigenvalue weighted by molar-refractivity contribution is 7.91. The Hall–Kier alpha value is -1.90. The number of hydrogen-bond acceptors (Lipinski definition) is 4. The number of alkyl halides is 3. The number of hydrogen-bond donors (Lipinski definition) is 0. The standard InChI is InChI=1S/C11H9F3N2O3S/c1-20(18,19)6-10(17)9-4-8-3-2-7(11(12,13)14)5-16(8)15-9/h2-5H,6H2,1H3. The molecule has 0 radical (unpaired) electrons. The maximum atomic E-state index is 12.5. The van der Waals surface area contributed by atoms with Crippen LogP contribution in [0.5, 0.6) is 0 Å².